The molecule has 1 aliphatic rings. The van der Waals surface area contributed by atoms with Gasteiger partial charge in [-0.05, 0) is 37.0 Å². The van der Waals surface area contributed by atoms with Crippen LogP contribution in [0.2, 0.25) is 0 Å². The maximum atomic E-state index is 13.1. The predicted molar refractivity (Wildman–Crippen MR) is 119 cm³/mol. The number of aromatic nitrogens is 2. The van der Waals surface area contributed by atoms with Gasteiger partial charge in [0.1, 0.15) is 4.83 Å². The number of thioether (sulfide) groups is 1. The Labute approximate surface area is 178 Å². The van der Waals surface area contributed by atoms with E-state index >= 15 is 0 Å². The molecule has 3 aromatic rings. The Hall–Kier alpha value is -2.16. The SMILES string of the molecule is CCN1CCN(C(=O)[C@@H](C)Sc2nc3sccc3c(=O)n2-c2ccccc2)CC1. The normalized spacial score (nSPS) is 16.3. The molecule has 0 unspecified atom stereocenters. The van der Waals surface area contributed by atoms with Gasteiger partial charge < -0.3 is 9.80 Å². The monoisotopic (exact) mass is 428 g/mol. The van der Waals surface area contributed by atoms with Gasteiger partial charge in [0.2, 0.25) is 5.91 Å². The van der Waals surface area contributed by atoms with E-state index in [-0.39, 0.29) is 16.7 Å². The molecule has 2 aromatic heterocycles. The number of nitrogens with zero attached hydrogens (tertiary/aromatic N) is 4. The fraction of sp³-hybridized carbons (Fsp3) is 0.381. The molecule has 1 fully saturated rings. The van der Waals surface area contributed by atoms with E-state index < -0.39 is 0 Å². The van der Waals surface area contributed by atoms with Gasteiger partial charge >= 0.3 is 0 Å². The second kappa shape index (κ2) is 8.69. The lowest BCUT2D eigenvalue weighted by Gasteiger charge is -2.35. The van der Waals surface area contributed by atoms with Gasteiger partial charge in [-0.25, -0.2) is 4.98 Å². The van der Waals surface area contributed by atoms with Gasteiger partial charge in [-0.15, -0.1) is 11.3 Å². The number of piperazine rings is 1. The van der Waals surface area contributed by atoms with Crippen molar-refractivity contribution in [3.05, 3.63) is 52.1 Å². The summed E-state index contributed by atoms with van der Waals surface area (Å²) in [6, 6.07) is 11.3. The number of carbonyl (C=O) groups is 1. The second-order valence-corrected chi connectivity index (χ2v) is 9.23. The van der Waals surface area contributed by atoms with Gasteiger partial charge in [-0.1, -0.05) is 36.9 Å². The van der Waals surface area contributed by atoms with Crippen LogP contribution in [0, 0.1) is 0 Å². The number of hydrogen-bond donors (Lipinski definition) is 0. The molecule has 3 heterocycles. The number of para-hydroxylation sites is 1. The number of rotatable bonds is 5. The van der Waals surface area contributed by atoms with E-state index in [0.29, 0.717) is 15.4 Å². The van der Waals surface area contributed by atoms with Crippen LogP contribution in [-0.4, -0.2) is 63.2 Å². The van der Waals surface area contributed by atoms with Gasteiger partial charge in [-0.2, -0.15) is 0 Å². The third-order valence-corrected chi connectivity index (χ3v) is 7.09. The van der Waals surface area contributed by atoms with Crippen molar-refractivity contribution in [2.45, 2.75) is 24.3 Å². The molecule has 6 nitrogen and oxygen atoms in total. The minimum absolute atomic E-state index is 0.0961. The summed E-state index contributed by atoms with van der Waals surface area (Å²) in [7, 11) is 0. The molecule has 4 rings (SSSR count). The number of hydrogen-bond acceptors (Lipinski definition) is 6. The quantitative estimate of drug-likeness (QED) is 0.462. The molecule has 29 heavy (non-hydrogen) atoms. The first-order valence-electron chi connectivity index (χ1n) is 9.82. The van der Waals surface area contributed by atoms with Crippen molar-refractivity contribution in [3.8, 4) is 5.69 Å². The zero-order chi connectivity index (χ0) is 20.4. The van der Waals surface area contributed by atoms with Crippen LogP contribution < -0.4 is 5.56 Å². The van der Waals surface area contributed by atoms with Crippen LogP contribution in [0.5, 0.6) is 0 Å². The van der Waals surface area contributed by atoms with Crippen LogP contribution >= 0.6 is 23.1 Å². The summed E-state index contributed by atoms with van der Waals surface area (Å²) in [6.45, 7) is 8.38. The van der Waals surface area contributed by atoms with Crippen LogP contribution in [0.1, 0.15) is 13.8 Å². The largest absolute Gasteiger partial charge is 0.339 e. The molecule has 0 spiro atoms. The number of carbonyl (C=O) groups excluding carboxylic acids is 1. The Kier molecular flexibility index (Phi) is 6.03. The molecule has 1 saturated heterocycles. The van der Waals surface area contributed by atoms with Crippen LogP contribution in [0.4, 0.5) is 0 Å². The number of thiophene rings is 1. The molecular weight excluding hydrogens is 404 g/mol. The summed E-state index contributed by atoms with van der Waals surface area (Å²) in [6.07, 6.45) is 0. The van der Waals surface area contributed by atoms with E-state index in [9.17, 15) is 9.59 Å². The summed E-state index contributed by atoms with van der Waals surface area (Å²) in [5.74, 6) is 0.103. The van der Waals surface area contributed by atoms with Crippen molar-refractivity contribution < 1.29 is 4.79 Å². The Balaban J connectivity index is 1.63. The fourth-order valence-corrected chi connectivity index (χ4v) is 5.34. The lowest BCUT2D eigenvalue weighted by atomic mass is 10.3. The lowest BCUT2D eigenvalue weighted by Crippen LogP contribution is -2.50. The molecule has 0 radical (unpaired) electrons. The average Bonchev–Trinajstić information content (AvgIpc) is 3.23. The molecular formula is C21H24N4O2S2. The molecule has 0 aliphatic carbocycles. The van der Waals surface area contributed by atoms with Crippen molar-refractivity contribution in [3.63, 3.8) is 0 Å². The summed E-state index contributed by atoms with van der Waals surface area (Å²) < 4.78 is 1.62. The zero-order valence-electron chi connectivity index (χ0n) is 16.6. The molecule has 152 valence electrons. The third-order valence-electron chi connectivity index (χ3n) is 5.24. The molecule has 1 atom stereocenters. The van der Waals surface area contributed by atoms with Crippen molar-refractivity contribution in [2.75, 3.05) is 32.7 Å². The summed E-state index contributed by atoms with van der Waals surface area (Å²) in [4.78, 5) is 35.9. The zero-order valence-corrected chi connectivity index (χ0v) is 18.2. The third kappa shape index (κ3) is 4.10. The van der Waals surface area contributed by atoms with E-state index in [0.717, 1.165) is 38.4 Å². The smallest absolute Gasteiger partial charge is 0.267 e. The number of amides is 1. The number of likely N-dealkylation sites (N-methyl/N-ethyl adjacent to an activating group) is 1. The van der Waals surface area contributed by atoms with Gasteiger partial charge in [-0.3, -0.25) is 14.2 Å². The summed E-state index contributed by atoms with van der Waals surface area (Å²) in [5.41, 5.74) is 0.665. The Morgan fingerprint density at radius 3 is 2.59 bits per heavy atom. The first kappa shape index (κ1) is 20.1. The second-order valence-electron chi connectivity index (χ2n) is 7.03. The van der Waals surface area contributed by atoms with Crippen LogP contribution in [0.25, 0.3) is 15.9 Å². The van der Waals surface area contributed by atoms with Gasteiger partial charge in [0.05, 0.1) is 16.3 Å². The van der Waals surface area contributed by atoms with E-state index in [1.54, 1.807) is 4.57 Å². The highest BCUT2D eigenvalue weighted by molar-refractivity contribution is 8.00. The van der Waals surface area contributed by atoms with Crippen LogP contribution in [0.15, 0.2) is 51.7 Å². The van der Waals surface area contributed by atoms with E-state index in [2.05, 4.69) is 11.8 Å². The maximum absolute atomic E-state index is 13.1. The lowest BCUT2D eigenvalue weighted by molar-refractivity contribution is -0.132. The molecule has 0 bridgehead atoms. The van der Waals surface area contributed by atoms with Crippen LogP contribution in [-0.2, 0) is 4.79 Å². The molecule has 0 N–H and O–H groups in total. The minimum atomic E-state index is -0.317. The van der Waals surface area contributed by atoms with Gasteiger partial charge in [0.15, 0.2) is 5.16 Å². The number of fused-ring (bicyclic) bond motifs is 1. The molecule has 1 aliphatic heterocycles. The van der Waals surface area contributed by atoms with Crippen molar-refractivity contribution in [1.82, 2.24) is 19.4 Å². The Morgan fingerprint density at radius 1 is 1.17 bits per heavy atom. The molecule has 1 amide bonds. The number of benzene rings is 1. The molecule has 1 aromatic carbocycles. The van der Waals surface area contributed by atoms with Crippen molar-refractivity contribution in [2.24, 2.45) is 0 Å². The van der Waals surface area contributed by atoms with Crippen molar-refractivity contribution >= 4 is 39.2 Å². The van der Waals surface area contributed by atoms with Crippen LogP contribution in [0.3, 0.4) is 0 Å². The fourth-order valence-electron chi connectivity index (χ4n) is 3.53. The highest BCUT2D eigenvalue weighted by atomic mass is 32.2. The topological polar surface area (TPSA) is 58.4 Å². The summed E-state index contributed by atoms with van der Waals surface area (Å²) in [5, 5.41) is 2.73. The van der Waals surface area contributed by atoms with Crippen molar-refractivity contribution in [1.29, 1.82) is 0 Å². The first-order chi connectivity index (χ1) is 14.1. The predicted octanol–water partition coefficient (Wildman–Crippen LogP) is 3.09. The first-order valence-corrected chi connectivity index (χ1v) is 11.6. The summed E-state index contributed by atoms with van der Waals surface area (Å²) >= 11 is 2.81. The van der Waals surface area contributed by atoms with Gasteiger partial charge in [0.25, 0.3) is 5.56 Å². The average molecular weight is 429 g/mol. The van der Waals surface area contributed by atoms with Gasteiger partial charge in [0, 0.05) is 26.2 Å². The molecule has 8 heteroatoms. The highest BCUT2D eigenvalue weighted by Crippen LogP contribution is 2.27. The highest BCUT2D eigenvalue weighted by Gasteiger charge is 2.27. The Bertz CT molecular complexity index is 1060. The Morgan fingerprint density at radius 2 is 1.90 bits per heavy atom. The molecule has 0 saturated carbocycles. The van der Waals surface area contributed by atoms with E-state index in [4.69, 9.17) is 4.98 Å². The maximum Gasteiger partial charge on any atom is 0.267 e. The minimum Gasteiger partial charge on any atom is -0.339 e. The van der Waals surface area contributed by atoms with E-state index in [1.165, 1.54) is 23.1 Å². The van der Waals surface area contributed by atoms with E-state index in [1.807, 2.05) is 53.6 Å². The standard InChI is InChI=1S/C21H24N4O2S2/c1-3-23-10-12-24(13-11-23)19(26)15(2)29-21-22-18-17(9-14-28-18)20(27)25(21)16-7-5-4-6-8-16/h4-9,14-15H,3,10-13H2,1-2H3/t15-/m1/s1.